The standard InChI is InChI=1S/C22H20N2O2/c1-14-3-9-18-21(11-14)24-20-10-8-17(26-2)12-19(20)22(18)23-16-6-4-15(13-25)5-7-16/h3-12,25H,13H2,1-2H3,(H,23,24). The van der Waals surface area contributed by atoms with Crippen molar-refractivity contribution in [2.75, 3.05) is 12.4 Å². The van der Waals surface area contributed by atoms with E-state index in [1.165, 1.54) is 5.56 Å². The molecule has 0 spiro atoms. The Balaban J connectivity index is 1.94. The number of anilines is 2. The number of nitrogens with zero attached hydrogens (tertiary/aromatic N) is 1. The average Bonchev–Trinajstić information content (AvgIpc) is 2.67. The topological polar surface area (TPSA) is 54.4 Å². The number of fused-ring (bicyclic) bond motifs is 2. The summed E-state index contributed by atoms with van der Waals surface area (Å²) < 4.78 is 5.41. The first-order valence-electron chi connectivity index (χ1n) is 8.53. The maximum absolute atomic E-state index is 9.24. The van der Waals surface area contributed by atoms with Crippen LogP contribution in [0.15, 0.2) is 60.7 Å². The summed E-state index contributed by atoms with van der Waals surface area (Å²) in [5.41, 5.74) is 5.89. The summed E-state index contributed by atoms with van der Waals surface area (Å²) in [7, 11) is 1.67. The van der Waals surface area contributed by atoms with Gasteiger partial charge in [-0.05, 0) is 54.4 Å². The molecule has 1 aromatic heterocycles. The molecule has 1 heterocycles. The van der Waals surface area contributed by atoms with Crippen LogP contribution in [0.5, 0.6) is 5.75 Å². The second kappa shape index (κ2) is 6.65. The van der Waals surface area contributed by atoms with Gasteiger partial charge in [0.05, 0.1) is 30.4 Å². The molecule has 26 heavy (non-hydrogen) atoms. The van der Waals surface area contributed by atoms with E-state index in [-0.39, 0.29) is 6.61 Å². The van der Waals surface area contributed by atoms with Gasteiger partial charge in [0.2, 0.25) is 0 Å². The lowest BCUT2D eigenvalue weighted by atomic mass is 10.1. The van der Waals surface area contributed by atoms with Crippen LogP contribution >= 0.6 is 0 Å². The van der Waals surface area contributed by atoms with Crippen molar-refractivity contribution < 1.29 is 9.84 Å². The summed E-state index contributed by atoms with van der Waals surface area (Å²) in [6.45, 7) is 2.11. The van der Waals surface area contributed by atoms with E-state index >= 15 is 0 Å². The molecule has 4 heteroatoms. The second-order valence-electron chi connectivity index (χ2n) is 6.37. The number of hydrogen-bond donors (Lipinski definition) is 2. The van der Waals surface area contributed by atoms with Crippen LogP contribution in [0, 0.1) is 6.92 Å². The molecule has 130 valence electrons. The molecule has 0 aliphatic carbocycles. The molecule has 0 radical (unpaired) electrons. The molecular weight excluding hydrogens is 324 g/mol. The van der Waals surface area contributed by atoms with E-state index < -0.39 is 0 Å². The Morgan fingerprint density at radius 1 is 0.923 bits per heavy atom. The van der Waals surface area contributed by atoms with E-state index in [0.29, 0.717) is 0 Å². The number of nitrogens with one attached hydrogen (secondary N) is 1. The second-order valence-corrected chi connectivity index (χ2v) is 6.37. The van der Waals surface area contributed by atoms with Gasteiger partial charge in [-0.3, -0.25) is 0 Å². The van der Waals surface area contributed by atoms with Crippen LogP contribution in [-0.2, 0) is 6.61 Å². The monoisotopic (exact) mass is 344 g/mol. The fourth-order valence-electron chi connectivity index (χ4n) is 3.13. The first kappa shape index (κ1) is 16.4. The highest BCUT2D eigenvalue weighted by Gasteiger charge is 2.11. The predicted octanol–water partition coefficient (Wildman–Crippen LogP) is 4.94. The van der Waals surface area contributed by atoms with Crippen LogP contribution in [0.1, 0.15) is 11.1 Å². The number of aryl methyl sites for hydroxylation is 1. The Kier molecular flexibility index (Phi) is 4.19. The lowest BCUT2D eigenvalue weighted by molar-refractivity contribution is 0.282. The summed E-state index contributed by atoms with van der Waals surface area (Å²) >= 11 is 0. The first-order valence-corrected chi connectivity index (χ1v) is 8.53. The molecule has 4 aromatic rings. The molecular formula is C22H20N2O2. The van der Waals surface area contributed by atoms with Crippen LogP contribution in [0.4, 0.5) is 11.4 Å². The Morgan fingerprint density at radius 2 is 1.73 bits per heavy atom. The highest BCUT2D eigenvalue weighted by atomic mass is 16.5. The van der Waals surface area contributed by atoms with E-state index in [9.17, 15) is 5.11 Å². The lowest BCUT2D eigenvalue weighted by Gasteiger charge is -2.15. The van der Waals surface area contributed by atoms with Crippen LogP contribution < -0.4 is 10.1 Å². The minimum atomic E-state index is 0.0396. The molecule has 4 nitrogen and oxygen atoms in total. The Labute approximate surface area is 152 Å². The quantitative estimate of drug-likeness (QED) is 0.515. The zero-order valence-electron chi connectivity index (χ0n) is 14.8. The molecule has 2 N–H and O–H groups in total. The van der Waals surface area contributed by atoms with Gasteiger partial charge in [0, 0.05) is 16.5 Å². The minimum absolute atomic E-state index is 0.0396. The van der Waals surface area contributed by atoms with Gasteiger partial charge in [-0.25, -0.2) is 4.98 Å². The third-order valence-corrected chi connectivity index (χ3v) is 4.54. The van der Waals surface area contributed by atoms with Crippen LogP contribution in [0.3, 0.4) is 0 Å². The van der Waals surface area contributed by atoms with E-state index in [4.69, 9.17) is 9.72 Å². The first-order chi connectivity index (χ1) is 12.7. The van der Waals surface area contributed by atoms with Gasteiger partial charge < -0.3 is 15.2 Å². The summed E-state index contributed by atoms with van der Waals surface area (Å²) in [4.78, 5) is 4.81. The van der Waals surface area contributed by atoms with E-state index in [1.54, 1.807) is 7.11 Å². The molecule has 0 fully saturated rings. The molecule has 0 aliphatic rings. The number of pyridine rings is 1. The number of benzene rings is 3. The van der Waals surface area contributed by atoms with Crippen molar-refractivity contribution in [3.05, 3.63) is 71.8 Å². The van der Waals surface area contributed by atoms with Crippen LogP contribution in [0.2, 0.25) is 0 Å². The number of aliphatic hydroxyl groups excluding tert-OH is 1. The number of methoxy groups -OCH3 is 1. The van der Waals surface area contributed by atoms with Crippen molar-refractivity contribution >= 4 is 33.2 Å². The fourth-order valence-corrected chi connectivity index (χ4v) is 3.13. The number of rotatable bonds is 4. The van der Waals surface area contributed by atoms with Gasteiger partial charge in [0.1, 0.15) is 5.75 Å². The SMILES string of the molecule is COc1ccc2nc3cc(C)ccc3c(Nc3ccc(CO)cc3)c2c1. The molecule has 0 saturated carbocycles. The fraction of sp³-hybridized carbons (Fsp3) is 0.136. The zero-order valence-corrected chi connectivity index (χ0v) is 14.8. The van der Waals surface area contributed by atoms with Crippen molar-refractivity contribution in [3.8, 4) is 5.75 Å². The van der Waals surface area contributed by atoms with E-state index in [2.05, 4.69) is 30.4 Å². The number of hydrogen-bond acceptors (Lipinski definition) is 4. The van der Waals surface area contributed by atoms with Gasteiger partial charge in [-0.15, -0.1) is 0 Å². The average molecular weight is 344 g/mol. The Hall–Kier alpha value is -3.11. The minimum Gasteiger partial charge on any atom is -0.497 e. The van der Waals surface area contributed by atoms with Crippen molar-refractivity contribution in [2.24, 2.45) is 0 Å². The number of ether oxygens (including phenoxy) is 1. The third kappa shape index (κ3) is 2.95. The summed E-state index contributed by atoms with van der Waals surface area (Å²) in [6.07, 6.45) is 0. The molecule has 3 aromatic carbocycles. The van der Waals surface area contributed by atoms with Crippen molar-refractivity contribution in [2.45, 2.75) is 13.5 Å². The van der Waals surface area contributed by atoms with Crippen LogP contribution in [-0.4, -0.2) is 17.2 Å². The normalized spacial score (nSPS) is 11.0. The maximum atomic E-state index is 9.24. The number of aliphatic hydroxyl groups is 1. The van der Waals surface area contributed by atoms with Crippen LogP contribution in [0.25, 0.3) is 21.8 Å². The molecule has 4 rings (SSSR count). The van der Waals surface area contributed by atoms with Crippen molar-refractivity contribution in [3.63, 3.8) is 0 Å². The molecule has 0 aliphatic heterocycles. The van der Waals surface area contributed by atoms with E-state index in [1.807, 2.05) is 42.5 Å². The van der Waals surface area contributed by atoms with Crippen molar-refractivity contribution in [1.29, 1.82) is 0 Å². The smallest absolute Gasteiger partial charge is 0.119 e. The highest BCUT2D eigenvalue weighted by molar-refractivity contribution is 6.09. The molecule has 0 bridgehead atoms. The Morgan fingerprint density at radius 3 is 2.46 bits per heavy atom. The summed E-state index contributed by atoms with van der Waals surface area (Å²) in [6, 6.07) is 20.0. The lowest BCUT2D eigenvalue weighted by Crippen LogP contribution is -1.96. The zero-order chi connectivity index (χ0) is 18.1. The summed E-state index contributed by atoms with van der Waals surface area (Å²) in [5.74, 6) is 0.796. The third-order valence-electron chi connectivity index (χ3n) is 4.54. The van der Waals surface area contributed by atoms with Gasteiger partial charge in [0.15, 0.2) is 0 Å². The van der Waals surface area contributed by atoms with E-state index in [0.717, 1.165) is 44.5 Å². The molecule has 0 atom stereocenters. The van der Waals surface area contributed by atoms with Gasteiger partial charge in [0.25, 0.3) is 0 Å². The molecule has 0 amide bonds. The molecule has 0 saturated heterocycles. The largest absolute Gasteiger partial charge is 0.497 e. The van der Waals surface area contributed by atoms with Crippen molar-refractivity contribution in [1.82, 2.24) is 4.98 Å². The van der Waals surface area contributed by atoms with Gasteiger partial charge >= 0.3 is 0 Å². The maximum Gasteiger partial charge on any atom is 0.119 e. The predicted molar refractivity (Wildman–Crippen MR) is 106 cm³/mol. The Bertz CT molecular complexity index is 1090. The highest BCUT2D eigenvalue weighted by Crippen LogP contribution is 2.35. The number of aromatic nitrogens is 1. The summed E-state index contributed by atoms with van der Waals surface area (Å²) in [5, 5.41) is 14.8. The molecule has 0 unspecified atom stereocenters. The van der Waals surface area contributed by atoms with Gasteiger partial charge in [-0.1, -0.05) is 24.3 Å². The van der Waals surface area contributed by atoms with Gasteiger partial charge in [-0.2, -0.15) is 0 Å².